The number of alkyl halides is 3. The first kappa shape index (κ1) is 20.8. The van der Waals surface area contributed by atoms with Crippen LogP contribution in [0.3, 0.4) is 0 Å². The predicted octanol–water partition coefficient (Wildman–Crippen LogP) is 4.66. The van der Waals surface area contributed by atoms with E-state index in [-0.39, 0.29) is 5.54 Å². The van der Waals surface area contributed by atoms with Crippen LogP contribution >= 0.6 is 0 Å². The molecule has 0 aliphatic carbocycles. The van der Waals surface area contributed by atoms with Gasteiger partial charge in [0.2, 0.25) is 0 Å². The Morgan fingerprint density at radius 3 is 2.64 bits per heavy atom. The number of rotatable bonds is 5. The Morgan fingerprint density at radius 2 is 2.00 bits per heavy atom. The fourth-order valence-electron chi connectivity index (χ4n) is 3.81. The third kappa shape index (κ3) is 4.21. The van der Waals surface area contributed by atoms with Gasteiger partial charge in [0.1, 0.15) is 0 Å². The Morgan fingerprint density at radius 1 is 1.25 bits per heavy atom. The molecular formula is C20H28F3N5. The molecule has 1 aromatic carbocycles. The zero-order valence-corrected chi connectivity index (χ0v) is 16.9. The van der Waals surface area contributed by atoms with Crippen molar-refractivity contribution in [3.8, 4) is 0 Å². The smallest absolute Gasteiger partial charge is 0.289 e. The molecule has 1 aliphatic heterocycles. The minimum absolute atomic E-state index is 0.333. The highest BCUT2D eigenvalue weighted by atomic mass is 19.4. The minimum Gasteiger partial charge on any atom is -0.289 e. The molecule has 2 atom stereocenters. The monoisotopic (exact) mass is 395 g/mol. The number of benzene rings is 1. The quantitative estimate of drug-likeness (QED) is 0.739. The molecule has 0 radical (unpaired) electrons. The number of hydrogen-bond donors (Lipinski definition) is 0. The Balaban J connectivity index is 2.11. The largest absolute Gasteiger partial charge is 0.416 e. The van der Waals surface area contributed by atoms with Crippen LogP contribution in [-0.4, -0.2) is 38.2 Å². The maximum Gasteiger partial charge on any atom is 0.416 e. The summed E-state index contributed by atoms with van der Waals surface area (Å²) in [4.78, 5) is 2.22. The molecule has 3 rings (SSSR count). The second-order valence-electron chi connectivity index (χ2n) is 8.38. The first-order chi connectivity index (χ1) is 13.1. The van der Waals surface area contributed by atoms with Gasteiger partial charge in [0, 0.05) is 6.54 Å². The summed E-state index contributed by atoms with van der Waals surface area (Å²) in [5.41, 5.74) is -0.402. The SMILES string of the molecule is CCC(C)(C)n1nnnc1C(c1cccc(C(F)(F)F)c1)N1CCCC(C)C1. The third-order valence-electron chi connectivity index (χ3n) is 5.76. The normalized spacial score (nSPS) is 20.3. The van der Waals surface area contributed by atoms with Crippen LogP contribution in [0.5, 0.6) is 0 Å². The van der Waals surface area contributed by atoms with Gasteiger partial charge in [0.05, 0.1) is 17.1 Å². The summed E-state index contributed by atoms with van der Waals surface area (Å²) in [5.74, 6) is 1.07. The molecular weight excluding hydrogens is 367 g/mol. The van der Waals surface area contributed by atoms with E-state index >= 15 is 0 Å². The molecule has 154 valence electrons. The lowest BCUT2D eigenvalue weighted by molar-refractivity contribution is -0.137. The molecule has 0 saturated carbocycles. The predicted molar refractivity (Wildman–Crippen MR) is 101 cm³/mol. The number of aromatic nitrogens is 4. The van der Waals surface area contributed by atoms with E-state index in [4.69, 9.17) is 0 Å². The Hall–Kier alpha value is -1.96. The number of piperidine rings is 1. The van der Waals surface area contributed by atoms with E-state index in [9.17, 15) is 13.2 Å². The summed E-state index contributed by atoms with van der Waals surface area (Å²) >= 11 is 0. The van der Waals surface area contributed by atoms with Gasteiger partial charge in [-0.15, -0.1) is 5.10 Å². The molecule has 0 bridgehead atoms. The van der Waals surface area contributed by atoms with Gasteiger partial charge in [-0.05, 0) is 73.7 Å². The fraction of sp³-hybridized carbons (Fsp3) is 0.650. The maximum atomic E-state index is 13.3. The van der Waals surface area contributed by atoms with Crippen molar-refractivity contribution in [3.05, 3.63) is 41.2 Å². The van der Waals surface area contributed by atoms with Gasteiger partial charge >= 0.3 is 6.18 Å². The summed E-state index contributed by atoms with van der Waals surface area (Å²) in [6.45, 7) is 9.91. The summed E-state index contributed by atoms with van der Waals surface area (Å²) in [5, 5.41) is 12.4. The van der Waals surface area contributed by atoms with E-state index in [1.54, 1.807) is 10.7 Å². The molecule has 1 aliphatic rings. The van der Waals surface area contributed by atoms with Crippen molar-refractivity contribution in [2.45, 2.75) is 64.7 Å². The number of tetrazole rings is 1. The van der Waals surface area contributed by atoms with Crippen LogP contribution in [0.1, 0.15) is 70.0 Å². The highest BCUT2D eigenvalue weighted by Crippen LogP contribution is 2.36. The lowest BCUT2D eigenvalue weighted by atomic mass is 9.94. The molecule has 5 nitrogen and oxygen atoms in total. The second kappa shape index (κ2) is 7.81. The van der Waals surface area contributed by atoms with E-state index in [1.165, 1.54) is 12.1 Å². The Kier molecular flexibility index (Phi) is 5.79. The number of likely N-dealkylation sites (tertiary alicyclic amines) is 1. The molecule has 0 N–H and O–H groups in total. The number of hydrogen-bond acceptors (Lipinski definition) is 4. The molecule has 0 amide bonds. The molecule has 1 saturated heterocycles. The molecule has 0 spiro atoms. The van der Waals surface area contributed by atoms with Crippen molar-refractivity contribution in [3.63, 3.8) is 0 Å². The Bertz CT molecular complexity index is 799. The van der Waals surface area contributed by atoms with Gasteiger partial charge in [0.15, 0.2) is 5.82 Å². The van der Waals surface area contributed by atoms with Crippen molar-refractivity contribution < 1.29 is 13.2 Å². The van der Waals surface area contributed by atoms with Crippen molar-refractivity contribution in [2.75, 3.05) is 13.1 Å². The molecule has 2 unspecified atom stereocenters. The summed E-state index contributed by atoms with van der Waals surface area (Å²) < 4.78 is 41.8. The van der Waals surface area contributed by atoms with Crippen LogP contribution in [-0.2, 0) is 11.7 Å². The zero-order valence-electron chi connectivity index (χ0n) is 16.9. The average molecular weight is 395 g/mol. The average Bonchev–Trinajstić information content (AvgIpc) is 3.12. The highest BCUT2D eigenvalue weighted by Gasteiger charge is 2.36. The molecule has 8 heteroatoms. The molecule has 2 heterocycles. The zero-order chi connectivity index (χ0) is 20.5. The Labute approximate surface area is 163 Å². The van der Waals surface area contributed by atoms with E-state index in [1.807, 2.05) is 20.8 Å². The molecule has 2 aromatic rings. The topological polar surface area (TPSA) is 46.8 Å². The molecule has 28 heavy (non-hydrogen) atoms. The van der Waals surface area contributed by atoms with Crippen molar-refractivity contribution >= 4 is 0 Å². The highest BCUT2D eigenvalue weighted by molar-refractivity contribution is 5.31. The van der Waals surface area contributed by atoms with Crippen molar-refractivity contribution in [2.24, 2.45) is 5.92 Å². The van der Waals surface area contributed by atoms with Crippen LogP contribution in [0.4, 0.5) is 13.2 Å². The van der Waals surface area contributed by atoms with Crippen LogP contribution < -0.4 is 0 Å². The van der Waals surface area contributed by atoms with Crippen LogP contribution in [0, 0.1) is 5.92 Å². The summed E-state index contributed by atoms with van der Waals surface area (Å²) in [6, 6.07) is 5.15. The van der Waals surface area contributed by atoms with Gasteiger partial charge in [0.25, 0.3) is 0 Å². The van der Waals surface area contributed by atoms with Crippen LogP contribution in [0.25, 0.3) is 0 Å². The van der Waals surface area contributed by atoms with Gasteiger partial charge < -0.3 is 0 Å². The van der Waals surface area contributed by atoms with Crippen LogP contribution in [0.15, 0.2) is 24.3 Å². The lowest BCUT2D eigenvalue weighted by Gasteiger charge is -2.38. The third-order valence-corrected chi connectivity index (χ3v) is 5.76. The number of halogens is 3. The minimum atomic E-state index is -4.38. The molecule has 1 fully saturated rings. The van der Waals surface area contributed by atoms with E-state index in [0.29, 0.717) is 17.3 Å². The number of nitrogens with zero attached hydrogens (tertiary/aromatic N) is 5. The van der Waals surface area contributed by atoms with Gasteiger partial charge in [-0.25, -0.2) is 4.68 Å². The van der Waals surface area contributed by atoms with Gasteiger partial charge in [-0.2, -0.15) is 13.2 Å². The second-order valence-corrected chi connectivity index (χ2v) is 8.38. The van der Waals surface area contributed by atoms with Crippen molar-refractivity contribution in [1.82, 2.24) is 25.1 Å². The fourth-order valence-corrected chi connectivity index (χ4v) is 3.81. The summed E-state index contributed by atoms with van der Waals surface area (Å²) in [7, 11) is 0. The van der Waals surface area contributed by atoms with Crippen molar-refractivity contribution in [1.29, 1.82) is 0 Å². The van der Waals surface area contributed by atoms with E-state index in [0.717, 1.165) is 38.4 Å². The van der Waals surface area contributed by atoms with Gasteiger partial charge in [-0.1, -0.05) is 26.0 Å². The van der Waals surface area contributed by atoms with Gasteiger partial charge in [-0.3, -0.25) is 4.90 Å². The summed E-state index contributed by atoms with van der Waals surface area (Å²) in [6.07, 6.45) is -1.45. The lowest BCUT2D eigenvalue weighted by Crippen LogP contribution is -2.41. The standard InChI is InChI=1S/C20H28F3N5/c1-5-19(3,4)28-18(24-25-26-28)17(27-11-7-8-14(2)13-27)15-9-6-10-16(12-15)20(21,22)23/h6,9-10,12,14,17H,5,7-8,11,13H2,1-4H3. The first-order valence-corrected chi connectivity index (χ1v) is 9.83. The molecule has 1 aromatic heterocycles. The van der Waals surface area contributed by atoms with E-state index in [2.05, 4.69) is 27.3 Å². The first-order valence-electron chi connectivity index (χ1n) is 9.83. The van der Waals surface area contributed by atoms with E-state index < -0.39 is 17.8 Å². The van der Waals surface area contributed by atoms with Crippen LogP contribution in [0.2, 0.25) is 0 Å². The maximum absolute atomic E-state index is 13.3.